The Bertz CT molecular complexity index is 967. The number of amides is 1. The van der Waals surface area contributed by atoms with Crippen LogP contribution in [0.1, 0.15) is 33.3 Å². The van der Waals surface area contributed by atoms with E-state index in [1.54, 1.807) is 43.6 Å². The van der Waals surface area contributed by atoms with Gasteiger partial charge in [0.1, 0.15) is 11.4 Å². The van der Waals surface area contributed by atoms with Crippen LogP contribution in [-0.4, -0.2) is 23.8 Å². The summed E-state index contributed by atoms with van der Waals surface area (Å²) in [4.78, 5) is 27.9. The van der Waals surface area contributed by atoms with Crippen molar-refractivity contribution in [2.75, 3.05) is 17.7 Å². The average Bonchev–Trinajstić information content (AvgIpc) is 2.73. The molecule has 0 atom stereocenters. The van der Waals surface area contributed by atoms with Crippen LogP contribution in [0.25, 0.3) is 0 Å². The summed E-state index contributed by atoms with van der Waals surface area (Å²) in [7, 11) is 1.63. The van der Waals surface area contributed by atoms with E-state index in [4.69, 9.17) is 4.74 Å². The van der Waals surface area contributed by atoms with E-state index in [0.29, 0.717) is 23.5 Å². The van der Waals surface area contributed by atoms with Crippen LogP contribution in [0, 0.1) is 0 Å². The minimum Gasteiger partial charge on any atom is -0.497 e. The number of carbonyl (C=O) groups is 2. The first kappa shape index (κ1) is 19.1. The van der Waals surface area contributed by atoms with E-state index in [2.05, 4.69) is 15.6 Å². The highest BCUT2D eigenvalue weighted by atomic mass is 16.5. The van der Waals surface area contributed by atoms with E-state index in [1.807, 2.05) is 30.3 Å². The van der Waals surface area contributed by atoms with Crippen LogP contribution in [-0.2, 0) is 6.54 Å². The Morgan fingerprint density at radius 3 is 2.32 bits per heavy atom. The Morgan fingerprint density at radius 1 is 0.964 bits per heavy atom. The van der Waals surface area contributed by atoms with Crippen molar-refractivity contribution in [1.82, 2.24) is 4.98 Å². The van der Waals surface area contributed by atoms with Gasteiger partial charge in [0.2, 0.25) is 0 Å². The van der Waals surface area contributed by atoms with Crippen LogP contribution in [0.5, 0.6) is 5.75 Å². The molecule has 0 aliphatic rings. The molecule has 0 spiro atoms. The molecule has 0 aliphatic carbocycles. The van der Waals surface area contributed by atoms with Crippen LogP contribution in [0.2, 0.25) is 0 Å². The molecule has 0 aliphatic heterocycles. The smallest absolute Gasteiger partial charge is 0.274 e. The number of hydrogen-bond acceptors (Lipinski definition) is 5. The minimum absolute atomic E-state index is 0.0184. The van der Waals surface area contributed by atoms with E-state index in [1.165, 1.54) is 6.92 Å². The van der Waals surface area contributed by atoms with Gasteiger partial charge in [-0.15, -0.1) is 0 Å². The monoisotopic (exact) mass is 375 g/mol. The zero-order valence-electron chi connectivity index (χ0n) is 15.7. The number of rotatable bonds is 7. The number of aromatic nitrogens is 1. The highest BCUT2D eigenvalue weighted by Gasteiger charge is 2.09. The Labute approximate surface area is 163 Å². The standard InChI is InChI=1S/C22H21N3O3/c1-15(26)17-5-7-18(8-6-17)25-22(27)21-13-19(11-12-23-21)24-14-16-3-9-20(28-2)10-4-16/h3-13H,14H2,1-2H3,(H,23,24)(H,25,27). The van der Waals surface area contributed by atoms with E-state index in [9.17, 15) is 9.59 Å². The number of anilines is 2. The van der Waals surface area contributed by atoms with Crippen LogP contribution in [0.15, 0.2) is 66.9 Å². The fraction of sp³-hybridized carbons (Fsp3) is 0.136. The molecular formula is C22H21N3O3. The van der Waals surface area contributed by atoms with Gasteiger partial charge in [-0.2, -0.15) is 0 Å². The summed E-state index contributed by atoms with van der Waals surface area (Å²) in [5, 5.41) is 6.06. The molecule has 0 unspecified atom stereocenters. The third kappa shape index (κ3) is 4.94. The Hall–Kier alpha value is -3.67. The van der Waals surface area contributed by atoms with E-state index < -0.39 is 0 Å². The predicted octanol–water partition coefficient (Wildman–Crippen LogP) is 4.16. The summed E-state index contributed by atoms with van der Waals surface area (Å²) in [6.45, 7) is 2.11. The van der Waals surface area contributed by atoms with Crippen LogP contribution < -0.4 is 15.4 Å². The van der Waals surface area contributed by atoms with E-state index in [0.717, 1.165) is 17.0 Å². The topological polar surface area (TPSA) is 80.3 Å². The van der Waals surface area contributed by atoms with Crippen LogP contribution >= 0.6 is 0 Å². The summed E-state index contributed by atoms with van der Waals surface area (Å²) in [6.07, 6.45) is 1.59. The van der Waals surface area contributed by atoms with E-state index in [-0.39, 0.29) is 11.7 Å². The summed E-state index contributed by atoms with van der Waals surface area (Å²) in [5.74, 6) is 0.474. The largest absolute Gasteiger partial charge is 0.497 e. The van der Waals surface area contributed by atoms with Gasteiger partial charge in [-0.25, -0.2) is 0 Å². The fourth-order valence-corrected chi connectivity index (χ4v) is 2.60. The zero-order valence-corrected chi connectivity index (χ0v) is 15.7. The number of ether oxygens (including phenoxy) is 1. The molecular weight excluding hydrogens is 354 g/mol. The van der Waals surface area contributed by atoms with Crippen molar-refractivity contribution in [3.8, 4) is 5.75 Å². The number of ketones is 1. The lowest BCUT2D eigenvalue weighted by atomic mass is 10.1. The maximum absolute atomic E-state index is 12.4. The molecule has 2 aromatic carbocycles. The second-order valence-corrected chi connectivity index (χ2v) is 6.22. The Balaban J connectivity index is 1.62. The van der Waals surface area contributed by atoms with Crippen molar-refractivity contribution in [3.05, 3.63) is 83.7 Å². The van der Waals surface area contributed by atoms with Gasteiger partial charge in [0.15, 0.2) is 5.78 Å². The van der Waals surface area contributed by atoms with Crippen molar-refractivity contribution >= 4 is 23.1 Å². The number of pyridine rings is 1. The summed E-state index contributed by atoms with van der Waals surface area (Å²) in [5.41, 5.74) is 3.39. The lowest BCUT2D eigenvalue weighted by Crippen LogP contribution is -2.14. The molecule has 0 radical (unpaired) electrons. The van der Waals surface area contributed by atoms with Gasteiger partial charge in [0.25, 0.3) is 5.91 Å². The molecule has 6 heteroatoms. The number of Topliss-reactive ketones (excluding diaryl/α,β-unsaturated/α-hetero) is 1. The molecule has 1 amide bonds. The van der Waals surface area contributed by atoms with E-state index >= 15 is 0 Å². The van der Waals surface area contributed by atoms with Gasteiger partial charge in [-0.3, -0.25) is 14.6 Å². The number of methoxy groups -OCH3 is 1. The maximum atomic E-state index is 12.4. The van der Waals surface area contributed by atoms with Crippen LogP contribution in [0.3, 0.4) is 0 Å². The fourth-order valence-electron chi connectivity index (χ4n) is 2.60. The predicted molar refractivity (Wildman–Crippen MR) is 109 cm³/mol. The molecule has 6 nitrogen and oxygen atoms in total. The Morgan fingerprint density at radius 2 is 1.68 bits per heavy atom. The summed E-state index contributed by atoms with van der Waals surface area (Å²) in [6, 6.07) is 18.0. The lowest BCUT2D eigenvalue weighted by Gasteiger charge is -2.09. The molecule has 1 aromatic heterocycles. The van der Waals surface area contributed by atoms with Gasteiger partial charge < -0.3 is 15.4 Å². The molecule has 3 rings (SSSR count). The SMILES string of the molecule is COc1ccc(CNc2ccnc(C(=O)Nc3ccc(C(C)=O)cc3)c2)cc1. The third-order valence-corrected chi connectivity index (χ3v) is 4.20. The molecule has 0 saturated heterocycles. The summed E-state index contributed by atoms with van der Waals surface area (Å²) >= 11 is 0. The van der Waals surface area contributed by atoms with Gasteiger partial charge in [0.05, 0.1) is 7.11 Å². The van der Waals surface area contributed by atoms with Crippen molar-refractivity contribution in [2.24, 2.45) is 0 Å². The van der Waals surface area contributed by atoms with Crippen LogP contribution in [0.4, 0.5) is 11.4 Å². The average molecular weight is 375 g/mol. The van der Waals surface area contributed by atoms with Crippen molar-refractivity contribution in [2.45, 2.75) is 13.5 Å². The second-order valence-electron chi connectivity index (χ2n) is 6.22. The normalized spacial score (nSPS) is 10.2. The first-order chi connectivity index (χ1) is 13.5. The number of benzene rings is 2. The molecule has 0 bridgehead atoms. The third-order valence-electron chi connectivity index (χ3n) is 4.20. The molecule has 142 valence electrons. The lowest BCUT2D eigenvalue weighted by molar-refractivity contribution is 0.101. The molecule has 1 heterocycles. The van der Waals surface area contributed by atoms with Crippen molar-refractivity contribution in [3.63, 3.8) is 0 Å². The number of carbonyl (C=O) groups excluding carboxylic acids is 2. The Kier molecular flexibility index (Phi) is 6.01. The molecule has 0 fully saturated rings. The van der Waals surface area contributed by atoms with Crippen molar-refractivity contribution in [1.29, 1.82) is 0 Å². The van der Waals surface area contributed by atoms with Gasteiger partial charge >= 0.3 is 0 Å². The molecule has 28 heavy (non-hydrogen) atoms. The first-order valence-corrected chi connectivity index (χ1v) is 8.80. The zero-order chi connectivity index (χ0) is 19.9. The summed E-state index contributed by atoms with van der Waals surface area (Å²) < 4.78 is 5.15. The molecule has 2 N–H and O–H groups in total. The second kappa shape index (κ2) is 8.81. The maximum Gasteiger partial charge on any atom is 0.274 e. The van der Waals surface area contributed by atoms with Crippen molar-refractivity contribution < 1.29 is 14.3 Å². The number of hydrogen-bond donors (Lipinski definition) is 2. The number of nitrogens with one attached hydrogen (secondary N) is 2. The number of nitrogens with zero attached hydrogens (tertiary/aromatic N) is 1. The minimum atomic E-state index is -0.316. The highest BCUT2D eigenvalue weighted by molar-refractivity contribution is 6.03. The van der Waals surface area contributed by atoms with Gasteiger partial charge in [-0.1, -0.05) is 12.1 Å². The highest BCUT2D eigenvalue weighted by Crippen LogP contribution is 2.15. The molecule has 0 saturated carbocycles. The quantitative estimate of drug-likeness (QED) is 0.606. The van der Waals surface area contributed by atoms with Gasteiger partial charge in [0, 0.05) is 29.7 Å². The first-order valence-electron chi connectivity index (χ1n) is 8.80. The van der Waals surface area contributed by atoms with Gasteiger partial charge in [-0.05, 0) is 61.0 Å². The molecule has 3 aromatic rings.